The van der Waals surface area contributed by atoms with E-state index in [4.69, 9.17) is 5.11 Å². The van der Waals surface area contributed by atoms with Crippen LogP contribution in [0.4, 0.5) is 4.39 Å². The second kappa shape index (κ2) is 4.22. The van der Waals surface area contributed by atoms with E-state index in [2.05, 4.69) is 5.32 Å². The van der Waals surface area contributed by atoms with Gasteiger partial charge in [-0.25, -0.2) is 4.39 Å². The van der Waals surface area contributed by atoms with E-state index in [9.17, 15) is 9.18 Å². The molecular formula is C12H14FNO2. The van der Waals surface area contributed by atoms with Crippen LogP contribution in [0.15, 0.2) is 18.2 Å². The number of aliphatic carboxylic acids is 1. The zero-order chi connectivity index (χ0) is 11.7. The van der Waals surface area contributed by atoms with Crippen LogP contribution in [0.2, 0.25) is 0 Å². The van der Waals surface area contributed by atoms with Crippen LogP contribution in [0.3, 0.4) is 0 Å². The van der Waals surface area contributed by atoms with Crippen molar-refractivity contribution in [1.29, 1.82) is 0 Å². The molecule has 0 bridgehead atoms. The fourth-order valence-electron chi connectivity index (χ4n) is 1.66. The molecule has 1 aromatic carbocycles. The predicted octanol–water partition coefficient (Wildman–Crippen LogP) is 2.01. The van der Waals surface area contributed by atoms with Gasteiger partial charge in [0.2, 0.25) is 0 Å². The number of carboxylic acid groups (broad SMARTS) is 1. The van der Waals surface area contributed by atoms with E-state index in [0.717, 1.165) is 18.4 Å². The lowest BCUT2D eigenvalue weighted by atomic mass is 10.0. The highest BCUT2D eigenvalue weighted by Gasteiger charge is 2.30. The summed E-state index contributed by atoms with van der Waals surface area (Å²) in [5, 5.41) is 12.0. The number of aryl methyl sites for hydroxylation is 1. The number of hydrogen-bond donors (Lipinski definition) is 2. The van der Waals surface area contributed by atoms with Crippen LogP contribution in [0.25, 0.3) is 0 Å². The van der Waals surface area contributed by atoms with E-state index in [1.165, 1.54) is 6.07 Å². The minimum Gasteiger partial charge on any atom is -0.480 e. The zero-order valence-electron chi connectivity index (χ0n) is 9.03. The number of carbonyl (C=O) groups is 1. The molecule has 3 nitrogen and oxygen atoms in total. The Labute approximate surface area is 93.3 Å². The average molecular weight is 223 g/mol. The van der Waals surface area contributed by atoms with Crippen LogP contribution in [0, 0.1) is 12.7 Å². The molecule has 0 spiro atoms. The van der Waals surface area contributed by atoms with Gasteiger partial charge in [0.15, 0.2) is 0 Å². The molecule has 1 saturated carbocycles. The highest BCUT2D eigenvalue weighted by molar-refractivity contribution is 5.75. The minimum atomic E-state index is -1.03. The Bertz CT molecular complexity index is 415. The largest absolute Gasteiger partial charge is 0.480 e. The van der Waals surface area contributed by atoms with E-state index >= 15 is 0 Å². The number of rotatable bonds is 4. The number of benzene rings is 1. The third-order valence-corrected chi connectivity index (χ3v) is 2.69. The monoisotopic (exact) mass is 223 g/mol. The van der Waals surface area contributed by atoms with Crippen LogP contribution >= 0.6 is 0 Å². The van der Waals surface area contributed by atoms with Crippen molar-refractivity contribution in [3.8, 4) is 0 Å². The molecule has 0 radical (unpaired) electrons. The number of hydrogen-bond acceptors (Lipinski definition) is 2. The lowest BCUT2D eigenvalue weighted by Crippen LogP contribution is -2.30. The molecule has 0 aliphatic heterocycles. The third-order valence-electron chi connectivity index (χ3n) is 2.69. The number of halogens is 1. The van der Waals surface area contributed by atoms with Crippen LogP contribution in [-0.4, -0.2) is 17.1 Å². The van der Waals surface area contributed by atoms with Gasteiger partial charge in [0.25, 0.3) is 0 Å². The molecule has 1 atom stereocenters. The van der Waals surface area contributed by atoms with Gasteiger partial charge in [-0.15, -0.1) is 0 Å². The standard InChI is InChI=1S/C12H14FNO2/c1-7-2-5-10(13)9(6-7)11(12(15)16)14-8-3-4-8/h2,5-6,8,11,14H,3-4H2,1H3,(H,15,16). The Kier molecular flexibility index (Phi) is 2.92. The summed E-state index contributed by atoms with van der Waals surface area (Å²) in [6, 6.07) is 3.82. The molecule has 0 amide bonds. The topological polar surface area (TPSA) is 49.3 Å². The average Bonchev–Trinajstić information content (AvgIpc) is 3.02. The van der Waals surface area contributed by atoms with Crippen molar-refractivity contribution in [3.63, 3.8) is 0 Å². The second-order valence-corrected chi connectivity index (χ2v) is 4.24. The first kappa shape index (κ1) is 11.1. The smallest absolute Gasteiger partial charge is 0.325 e. The van der Waals surface area contributed by atoms with Crippen molar-refractivity contribution >= 4 is 5.97 Å². The minimum absolute atomic E-state index is 0.222. The fourth-order valence-corrected chi connectivity index (χ4v) is 1.66. The molecule has 1 aliphatic rings. The lowest BCUT2D eigenvalue weighted by molar-refractivity contribution is -0.139. The van der Waals surface area contributed by atoms with E-state index < -0.39 is 17.8 Å². The molecule has 2 N–H and O–H groups in total. The second-order valence-electron chi connectivity index (χ2n) is 4.24. The van der Waals surface area contributed by atoms with E-state index in [-0.39, 0.29) is 11.6 Å². The van der Waals surface area contributed by atoms with Crippen LogP contribution in [0.5, 0.6) is 0 Å². The van der Waals surface area contributed by atoms with Gasteiger partial charge in [-0.1, -0.05) is 17.7 Å². The van der Waals surface area contributed by atoms with Crippen molar-refractivity contribution in [3.05, 3.63) is 35.1 Å². The molecule has 0 aromatic heterocycles. The summed E-state index contributed by atoms with van der Waals surface area (Å²) in [4.78, 5) is 11.1. The molecule has 86 valence electrons. The Balaban J connectivity index is 2.29. The third kappa shape index (κ3) is 2.39. The maximum absolute atomic E-state index is 13.5. The number of nitrogens with one attached hydrogen (secondary N) is 1. The van der Waals surface area contributed by atoms with E-state index in [1.807, 2.05) is 6.92 Å². The van der Waals surface area contributed by atoms with Gasteiger partial charge in [0.1, 0.15) is 11.9 Å². The highest BCUT2D eigenvalue weighted by Crippen LogP contribution is 2.26. The molecule has 2 rings (SSSR count). The Morgan fingerprint density at radius 1 is 1.56 bits per heavy atom. The summed E-state index contributed by atoms with van der Waals surface area (Å²) in [5.74, 6) is -1.50. The van der Waals surface area contributed by atoms with Gasteiger partial charge < -0.3 is 5.11 Å². The molecule has 4 heteroatoms. The van der Waals surface area contributed by atoms with Gasteiger partial charge in [0.05, 0.1) is 0 Å². The summed E-state index contributed by atoms with van der Waals surface area (Å²) in [5.41, 5.74) is 1.08. The zero-order valence-corrected chi connectivity index (χ0v) is 9.03. The van der Waals surface area contributed by atoms with Crippen molar-refractivity contribution in [2.75, 3.05) is 0 Å². The quantitative estimate of drug-likeness (QED) is 0.821. The molecule has 0 saturated heterocycles. The van der Waals surface area contributed by atoms with E-state index in [1.54, 1.807) is 12.1 Å². The first-order valence-corrected chi connectivity index (χ1v) is 5.33. The summed E-state index contributed by atoms with van der Waals surface area (Å²) in [7, 11) is 0. The summed E-state index contributed by atoms with van der Waals surface area (Å²) in [6.07, 6.45) is 1.94. The van der Waals surface area contributed by atoms with Crippen LogP contribution in [0.1, 0.15) is 30.0 Å². The molecule has 0 heterocycles. The Hall–Kier alpha value is -1.42. The molecule has 1 unspecified atom stereocenters. The first-order chi connectivity index (χ1) is 7.58. The maximum Gasteiger partial charge on any atom is 0.325 e. The lowest BCUT2D eigenvalue weighted by Gasteiger charge is -2.15. The molecule has 1 aromatic rings. The van der Waals surface area contributed by atoms with Gasteiger partial charge in [-0.3, -0.25) is 10.1 Å². The molecule has 1 fully saturated rings. The van der Waals surface area contributed by atoms with E-state index in [0.29, 0.717) is 0 Å². The van der Waals surface area contributed by atoms with Crippen molar-refractivity contribution < 1.29 is 14.3 Å². The van der Waals surface area contributed by atoms with Gasteiger partial charge >= 0.3 is 5.97 Å². The molecular weight excluding hydrogens is 209 g/mol. The Morgan fingerprint density at radius 3 is 2.81 bits per heavy atom. The maximum atomic E-state index is 13.5. The molecule has 1 aliphatic carbocycles. The van der Waals surface area contributed by atoms with Crippen molar-refractivity contribution in [2.45, 2.75) is 31.8 Å². The van der Waals surface area contributed by atoms with Crippen molar-refractivity contribution in [1.82, 2.24) is 5.32 Å². The summed E-state index contributed by atoms with van der Waals surface area (Å²) >= 11 is 0. The SMILES string of the molecule is Cc1ccc(F)c(C(NC2CC2)C(=O)O)c1. The summed E-state index contributed by atoms with van der Waals surface area (Å²) in [6.45, 7) is 1.82. The Morgan fingerprint density at radius 2 is 2.25 bits per heavy atom. The van der Waals surface area contributed by atoms with Gasteiger partial charge in [-0.2, -0.15) is 0 Å². The normalized spacial score (nSPS) is 17.1. The van der Waals surface area contributed by atoms with Crippen molar-refractivity contribution in [2.24, 2.45) is 0 Å². The van der Waals surface area contributed by atoms with Crippen LogP contribution < -0.4 is 5.32 Å². The fraction of sp³-hybridized carbons (Fsp3) is 0.417. The first-order valence-electron chi connectivity index (χ1n) is 5.33. The van der Waals surface area contributed by atoms with Crippen LogP contribution in [-0.2, 0) is 4.79 Å². The highest BCUT2D eigenvalue weighted by atomic mass is 19.1. The van der Waals surface area contributed by atoms with Gasteiger partial charge in [-0.05, 0) is 25.8 Å². The summed E-state index contributed by atoms with van der Waals surface area (Å²) < 4.78 is 13.5. The predicted molar refractivity (Wildman–Crippen MR) is 57.7 cm³/mol. The molecule has 16 heavy (non-hydrogen) atoms. The van der Waals surface area contributed by atoms with Gasteiger partial charge in [0, 0.05) is 11.6 Å². The number of carboxylic acids is 1.